The minimum Gasteiger partial charge on any atom is -0.198 e. The highest BCUT2D eigenvalue weighted by Crippen LogP contribution is 2.34. The van der Waals surface area contributed by atoms with Gasteiger partial charge in [0.15, 0.2) is 0 Å². The van der Waals surface area contributed by atoms with E-state index >= 15 is 0 Å². The van der Waals surface area contributed by atoms with Gasteiger partial charge in [-0.25, -0.2) is 0 Å². The van der Waals surface area contributed by atoms with Crippen molar-refractivity contribution in [2.24, 2.45) is 0 Å². The average molecular weight is 224 g/mol. The monoisotopic (exact) mass is 224 g/mol. The number of hydrogen-bond acceptors (Lipinski definition) is 2. The van der Waals surface area contributed by atoms with Gasteiger partial charge in [0.25, 0.3) is 0 Å². The zero-order valence-electron chi connectivity index (χ0n) is 8.39. The van der Waals surface area contributed by atoms with Crippen molar-refractivity contribution in [3.63, 3.8) is 0 Å². The van der Waals surface area contributed by atoms with E-state index in [1.54, 1.807) is 13.0 Å². The fraction of sp³-hybridized carbons (Fsp3) is 0.273. The van der Waals surface area contributed by atoms with Gasteiger partial charge in [-0.15, -0.1) is 0 Å². The standard InChI is InChI=1S/C11H7F3N2/c1-7-2-3-10(11(12,13)14)9(6-16)8(7)4-5-15/h2-3H,4H2,1H3. The third-order valence-corrected chi connectivity index (χ3v) is 2.22. The largest absolute Gasteiger partial charge is 0.417 e. The lowest BCUT2D eigenvalue weighted by Gasteiger charge is -2.12. The number of benzene rings is 1. The second-order valence-electron chi connectivity index (χ2n) is 3.23. The van der Waals surface area contributed by atoms with Crippen molar-refractivity contribution in [1.29, 1.82) is 10.5 Å². The Morgan fingerprint density at radius 2 is 1.88 bits per heavy atom. The van der Waals surface area contributed by atoms with Crippen LogP contribution in [0.4, 0.5) is 13.2 Å². The molecule has 2 nitrogen and oxygen atoms in total. The molecule has 0 aliphatic rings. The van der Waals surface area contributed by atoms with Gasteiger partial charge in [0.05, 0.1) is 23.6 Å². The smallest absolute Gasteiger partial charge is 0.198 e. The third kappa shape index (κ3) is 2.14. The van der Waals surface area contributed by atoms with E-state index in [9.17, 15) is 13.2 Å². The SMILES string of the molecule is Cc1ccc(C(F)(F)F)c(C#N)c1CC#N. The number of alkyl halides is 3. The van der Waals surface area contributed by atoms with E-state index in [-0.39, 0.29) is 12.0 Å². The first-order chi connectivity index (χ1) is 7.41. The molecule has 0 spiro atoms. The van der Waals surface area contributed by atoms with Crippen LogP contribution in [0.2, 0.25) is 0 Å². The number of aryl methyl sites for hydroxylation is 1. The first-order valence-electron chi connectivity index (χ1n) is 4.38. The fourth-order valence-electron chi connectivity index (χ4n) is 1.42. The molecule has 0 aliphatic carbocycles. The van der Waals surface area contributed by atoms with Crippen LogP contribution < -0.4 is 0 Å². The van der Waals surface area contributed by atoms with Gasteiger partial charge in [-0.1, -0.05) is 6.07 Å². The lowest BCUT2D eigenvalue weighted by Crippen LogP contribution is -2.10. The molecule has 0 saturated heterocycles. The fourth-order valence-corrected chi connectivity index (χ4v) is 1.42. The Morgan fingerprint density at radius 3 is 2.31 bits per heavy atom. The van der Waals surface area contributed by atoms with Crippen molar-refractivity contribution in [1.82, 2.24) is 0 Å². The Morgan fingerprint density at radius 1 is 1.25 bits per heavy atom. The number of rotatable bonds is 1. The molecule has 1 rings (SSSR count). The maximum absolute atomic E-state index is 12.6. The second kappa shape index (κ2) is 4.24. The summed E-state index contributed by atoms with van der Waals surface area (Å²) in [7, 11) is 0. The Balaban J connectivity index is 3.52. The summed E-state index contributed by atoms with van der Waals surface area (Å²) in [6, 6.07) is 5.43. The summed E-state index contributed by atoms with van der Waals surface area (Å²) in [6.45, 7) is 1.58. The second-order valence-corrected chi connectivity index (χ2v) is 3.23. The molecule has 0 fully saturated rings. The van der Waals surface area contributed by atoms with Crippen LogP contribution in [0.15, 0.2) is 12.1 Å². The van der Waals surface area contributed by atoms with Crippen molar-refractivity contribution in [3.05, 3.63) is 34.4 Å². The van der Waals surface area contributed by atoms with Crippen molar-refractivity contribution >= 4 is 0 Å². The van der Waals surface area contributed by atoms with Crippen LogP contribution in [0.3, 0.4) is 0 Å². The maximum atomic E-state index is 12.6. The Kier molecular flexibility index (Phi) is 3.20. The van der Waals surface area contributed by atoms with Gasteiger partial charge in [-0.2, -0.15) is 23.7 Å². The van der Waals surface area contributed by atoms with Gasteiger partial charge >= 0.3 is 6.18 Å². The molecule has 0 radical (unpaired) electrons. The van der Waals surface area contributed by atoms with E-state index in [0.29, 0.717) is 5.56 Å². The van der Waals surface area contributed by atoms with Gasteiger partial charge in [0, 0.05) is 0 Å². The summed E-state index contributed by atoms with van der Waals surface area (Å²) < 4.78 is 37.7. The lowest BCUT2D eigenvalue weighted by molar-refractivity contribution is -0.137. The van der Waals surface area contributed by atoms with Gasteiger partial charge in [0.2, 0.25) is 0 Å². The summed E-state index contributed by atoms with van der Waals surface area (Å²) in [6.07, 6.45) is -4.76. The summed E-state index contributed by atoms with van der Waals surface area (Å²) >= 11 is 0. The molecule has 0 N–H and O–H groups in total. The zero-order chi connectivity index (χ0) is 12.3. The van der Waals surface area contributed by atoms with Crippen LogP contribution in [-0.4, -0.2) is 0 Å². The molecule has 82 valence electrons. The minimum absolute atomic E-state index is 0.153. The van der Waals surface area contributed by atoms with Crippen LogP contribution in [0.1, 0.15) is 22.3 Å². The van der Waals surface area contributed by atoms with E-state index in [1.165, 1.54) is 12.1 Å². The summed E-state index contributed by atoms with van der Waals surface area (Å²) in [5.41, 5.74) is -0.758. The predicted molar refractivity (Wildman–Crippen MR) is 50.2 cm³/mol. The number of halogens is 3. The quantitative estimate of drug-likeness (QED) is 0.736. The molecular formula is C11H7F3N2. The molecule has 0 atom stereocenters. The summed E-state index contributed by atoms with van der Waals surface area (Å²) in [4.78, 5) is 0. The first-order valence-corrected chi connectivity index (χ1v) is 4.38. The topological polar surface area (TPSA) is 47.6 Å². The molecule has 16 heavy (non-hydrogen) atoms. The Hall–Kier alpha value is -2.01. The molecule has 0 saturated carbocycles. The Labute approximate surface area is 90.5 Å². The van der Waals surface area contributed by atoms with E-state index in [4.69, 9.17) is 10.5 Å². The molecule has 0 unspecified atom stereocenters. The van der Waals surface area contributed by atoms with Crippen LogP contribution in [0, 0.1) is 29.6 Å². The van der Waals surface area contributed by atoms with Crippen molar-refractivity contribution in [2.75, 3.05) is 0 Å². The third-order valence-electron chi connectivity index (χ3n) is 2.22. The predicted octanol–water partition coefficient (Wildman–Crippen LogP) is 2.95. The van der Waals surface area contributed by atoms with Crippen LogP contribution >= 0.6 is 0 Å². The molecule has 0 aliphatic heterocycles. The number of nitriles is 2. The van der Waals surface area contributed by atoms with Crippen molar-refractivity contribution in [2.45, 2.75) is 19.5 Å². The van der Waals surface area contributed by atoms with E-state index in [2.05, 4.69) is 0 Å². The highest BCUT2D eigenvalue weighted by molar-refractivity contribution is 5.50. The number of hydrogen-bond donors (Lipinski definition) is 0. The number of nitrogens with zero attached hydrogens (tertiary/aromatic N) is 2. The first kappa shape index (κ1) is 12.1. The molecule has 5 heteroatoms. The minimum atomic E-state index is -4.57. The molecular weight excluding hydrogens is 217 g/mol. The maximum Gasteiger partial charge on any atom is 0.417 e. The van der Waals surface area contributed by atoms with Gasteiger partial charge < -0.3 is 0 Å². The molecule has 0 amide bonds. The van der Waals surface area contributed by atoms with Gasteiger partial charge in [-0.3, -0.25) is 0 Å². The lowest BCUT2D eigenvalue weighted by atomic mass is 9.95. The van der Waals surface area contributed by atoms with E-state index in [0.717, 1.165) is 6.07 Å². The molecule has 0 bridgehead atoms. The van der Waals surface area contributed by atoms with Crippen molar-refractivity contribution in [3.8, 4) is 12.1 Å². The van der Waals surface area contributed by atoms with Gasteiger partial charge in [0.1, 0.15) is 6.07 Å². The molecule has 1 aromatic rings. The van der Waals surface area contributed by atoms with E-state index in [1.807, 2.05) is 0 Å². The van der Waals surface area contributed by atoms with Crippen LogP contribution in [0.5, 0.6) is 0 Å². The zero-order valence-corrected chi connectivity index (χ0v) is 8.39. The molecule has 0 aromatic heterocycles. The highest BCUT2D eigenvalue weighted by atomic mass is 19.4. The Bertz CT molecular complexity index is 490. The van der Waals surface area contributed by atoms with Crippen LogP contribution in [-0.2, 0) is 12.6 Å². The summed E-state index contributed by atoms with van der Waals surface area (Å²) in [5, 5.41) is 17.3. The normalized spacial score (nSPS) is 10.6. The van der Waals surface area contributed by atoms with Gasteiger partial charge in [-0.05, 0) is 24.1 Å². The van der Waals surface area contributed by atoms with Crippen molar-refractivity contribution < 1.29 is 13.2 Å². The average Bonchev–Trinajstić information content (AvgIpc) is 2.19. The summed E-state index contributed by atoms with van der Waals surface area (Å²) in [5.74, 6) is 0. The van der Waals surface area contributed by atoms with Crippen LogP contribution in [0.25, 0.3) is 0 Å². The van der Waals surface area contributed by atoms with E-state index < -0.39 is 17.3 Å². The highest BCUT2D eigenvalue weighted by Gasteiger charge is 2.34. The molecule has 1 aromatic carbocycles. The molecule has 0 heterocycles.